The monoisotopic (exact) mass is 395 g/mol. The number of halogens is 2. The van der Waals surface area contributed by atoms with Gasteiger partial charge < -0.3 is 9.47 Å². The Bertz CT molecular complexity index is 838. The molecule has 2 aromatic rings. The van der Waals surface area contributed by atoms with Gasteiger partial charge in [0.2, 0.25) is 0 Å². The molecule has 8 heteroatoms. The van der Waals surface area contributed by atoms with E-state index in [1.54, 1.807) is 30.3 Å². The molecule has 2 aromatic carbocycles. The molecule has 6 nitrogen and oxygen atoms in total. The van der Waals surface area contributed by atoms with Gasteiger partial charge in [0.05, 0.1) is 29.1 Å². The molecule has 0 unspecified atom stereocenters. The van der Waals surface area contributed by atoms with E-state index in [-0.39, 0.29) is 12.0 Å². The number of hydrogen-bond donors (Lipinski definition) is 1. The van der Waals surface area contributed by atoms with Gasteiger partial charge >= 0.3 is 5.97 Å². The number of methoxy groups -OCH3 is 1. The lowest BCUT2D eigenvalue weighted by atomic mass is 10.1. The second-order valence-corrected chi connectivity index (χ2v) is 5.98. The number of imide groups is 1. The number of amides is 2. The van der Waals surface area contributed by atoms with Crippen LogP contribution in [0.3, 0.4) is 0 Å². The molecule has 0 aliphatic rings. The Labute approximate surface area is 160 Å². The summed E-state index contributed by atoms with van der Waals surface area (Å²) in [5.74, 6) is -1.70. The summed E-state index contributed by atoms with van der Waals surface area (Å²) < 4.78 is 9.91. The lowest BCUT2D eigenvalue weighted by Gasteiger charge is -2.09. The molecule has 0 heterocycles. The van der Waals surface area contributed by atoms with Crippen LogP contribution in [-0.4, -0.2) is 31.5 Å². The molecule has 0 atom stereocenters. The lowest BCUT2D eigenvalue weighted by molar-refractivity contribution is -0.147. The number of carbonyl (C=O) groups excluding carboxylic acids is 3. The normalized spacial score (nSPS) is 10.1. The first-order valence-electron chi connectivity index (χ1n) is 7.47. The highest BCUT2D eigenvalue weighted by Crippen LogP contribution is 2.22. The average molecular weight is 396 g/mol. The Morgan fingerprint density at radius 3 is 2.46 bits per heavy atom. The van der Waals surface area contributed by atoms with Gasteiger partial charge in [-0.3, -0.25) is 19.7 Å². The van der Waals surface area contributed by atoms with Gasteiger partial charge in [0, 0.05) is 0 Å². The first kappa shape index (κ1) is 19.8. The fourth-order valence-corrected chi connectivity index (χ4v) is 2.40. The zero-order valence-corrected chi connectivity index (χ0v) is 15.3. The van der Waals surface area contributed by atoms with Crippen LogP contribution in [0.1, 0.15) is 15.9 Å². The number of benzene rings is 2. The number of esters is 1. The molecule has 2 rings (SSSR count). The first-order chi connectivity index (χ1) is 12.4. The standard InChI is InChI=1S/C18H15Cl2NO5/c1-25-15-5-3-2-4-12(15)18(24)21-16(22)10-26-17(23)9-11-6-7-13(19)14(20)8-11/h2-8H,9-10H2,1H3,(H,21,22,24). The van der Waals surface area contributed by atoms with Crippen LogP contribution in [-0.2, 0) is 20.7 Å². The van der Waals surface area contributed by atoms with Crippen molar-refractivity contribution in [2.75, 3.05) is 13.7 Å². The zero-order chi connectivity index (χ0) is 19.1. The predicted octanol–water partition coefficient (Wildman–Crippen LogP) is 3.04. The number of ether oxygens (including phenoxy) is 2. The summed E-state index contributed by atoms with van der Waals surface area (Å²) in [5.41, 5.74) is 0.792. The molecule has 0 aliphatic carbocycles. The van der Waals surface area contributed by atoms with E-state index in [0.717, 1.165) is 0 Å². The molecule has 0 aliphatic heterocycles. The average Bonchev–Trinajstić information content (AvgIpc) is 2.63. The number of carbonyl (C=O) groups is 3. The van der Waals surface area contributed by atoms with Crippen LogP contribution in [0, 0.1) is 0 Å². The first-order valence-corrected chi connectivity index (χ1v) is 8.23. The van der Waals surface area contributed by atoms with E-state index in [4.69, 9.17) is 32.7 Å². The third-order valence-corrected chi connectivity index (χ3v) is 4.04. The second kappa shape index (κ2) is 9.22. The highest BCUT2D eigenvalue weighted by atomic mass is 35.5. The van der Waals surface area contributed by atoms with Crippen molar-refractivity contribution in [3.63, 3.8) is 0 Å². The summed E-state index contributed by atoms with van der Waals surface area (Å²) in [6.07, 6.45) is -0.0787. The van der Waals surface area contributed by atoms with Crippen LogP contribution >= 0.6 is 23.2 Å². The van der Waals surface area contributed by atoms with Crippen molar-refractivity contribution in [3.8, 4) is 5.75 Å². The van der Waals surface area contributed by atoms with Crippen LogP contribution in [0.4, 0.5) is 0 Å². The van der Waals surface area contributed by atoms with Crippen molar-refractivity contribution in [3.05, 3.63) is 63.6 Å². The molecular weight excluding hydrogens is 381 g/mol. The second-order valence-electron chi connectivity index (χ2n) is 5.16. The summed E-state index contributed by atoms with van der Waals surface area (Å²) in [5, 5.41) is 2.82. The lowest BCUT2D eigenvalue weighted by Crippen LogP contribution is -2.34. The maximum Gasteiger partial charge on any atom is 0.310 e. The molecule has 0 saturated heterocycles. The van der Waals surface area contributed by atoms with Gasteiger partial charge in [-0.15, -0.1) is 0 Å². The van der Waals surface area contributed by atoms with E-state index in [9.17, 15) is 14.4 Å². The van der Waals surface area contributed by atoms with Crippen molar-refractivity contribution in [1.82, 2.24) is 5.32 Å². The predicted molar refractivity (Wildman–Crippen MR) is 96.6 cm³/mol. The minimum atomic E-state index is -0.747. The Morgan fingerprint density at radius 2 is 1.77 bits per heavy atom. The molecule has 0 saturated carbocycles. The summed E-state index contributed by atoms with van der Waals surface area (Å²) >= 11 is 11.7. The van der Waals surface area contributed by atoms with Gasteiger partial charge in [-0.2, -0.15) is 0 Å². The van der Waals surface area contributed by atoms with Crippen LogP contribution in [0.15, 0.2) is 42.5 Å². The van der Waals surface area contributed by atoms with Crippen molar-refractivity contribution in [2.45, 2.75) is 6.42 Å². The Balaban J connectivity index is 1.85. The van der Waals surface area contributed by atoms with Crippen LogP contribution < -0.4 is 10.1 Å². The fourth-order valence-electron chi connectivity index (χ4n) is 2.08. The fraction of sp³-hybridized carbons (Fsp3) is 0.167. The maximum atomic E-state index is 12.1. The molecule has 2 amide bonds. The van der Waals surface area contributed by atoms with E-state index in [2.05, 4.69) is 5.32 Å². The zero-order valence-electron chi connectivity index (χ0n) is 13.8. The summed E-state index contributed by atoms with van der Waals surface area (Å²) in [4.78, 5) is 35.6. The van der Waals surface area contributed by atoms with Gasteiger partial charge in [-0.25, -0.2) is 0 Å². The van der Waals surface area contributed by atoms with Gasteiger partial charge in [-0.1, -0.05) is 41.4 Å². The van der Waals surface area contributed by atoms with Gasteiger partial charge in [-0.05, 0) is 29.8 Å². The van der Waals surface area contributed by atoms with E-state index < -0.39 is 24.4 Å². The van der Waals surface area contributed by atoms with Crippen molar-refractivity contribution < 1.29 is 23.9 Å². The molecule has 0 aromatic heterocycles. The molecule has 0 radical (unpaired) electrons. The highest BCUT2D eigenvalue weighted by molar-refractivity contribution is 6.42. The molecule has 26 heavy (non-hydrogen) atoms. The Morgan fingerprint density at radius 1 is 1.04 bits per heavy atom. The third kappa shape index (κ3) is 5.47. The maximum absolute atomic E-state index is 12.1. The van der Waals surface area contributed by atoms with E-state index in [0.29, 0.717) is 21.4 Å². The highest BCUT2D eigenvalue weighted by Gasteiger charge is 2.16. The number of para-hydroxylation sites is 1. The minimum Gasteiger partial charge on any atom is -0.496 e. The van der Waals surface area contributed by atoms with Crippen molar-refractivity contribution >= 4 is 41.0 Å². The van der Waals surface area contributed by atoms with Gasteiger partial charge in [0.1, 0.15) is 5.75 Å². The topological polar surface area (TPSA) is 81.7 Å². The Hall–Kier alpha value is -2.57. The number of rotatable bonds is 6. The number of nitrogens with one attached hydrogen (secondary N) is 1. The Kier molecular flexibility index (Phi) is 7.00. The molecule has 0 bridgehead atoms. The van der Waals surface area contributed by atoms with E-state index in [1.807, 2.05) is 0 Å². The molecule has 0 fully saturated rings. The van der Waals surface area contributed by atoms with E-state index in [1.165, 1.54) is 19.2 Å². The van der Waals surface area contributed by atoms with Crippen LogP contribution in [0.5, 0.6) is 5.75 Å². The van der Waals surface area contributed by atoms with E-state index >= 15 is 0 Å². The summed E-state index contributed by atoms with van der Waals surface area (Å²) in [7, 11) is 1.42. The van der Waals surface area contributed by atoms with Gasteiger partial charge in [0.15, 0.2) is 6.61 Å². The van der Waals surface area contributed by atoms with Crippen LogP contribution in [0.25, 0.3) is 0 Å². The summed E-state index contributed by atoms with van der Waals surface area (Å²) in [6.45, 7) is -0.582. The molecule has 136 valence electrons. The summed E-state index contributed by atoms with van der Waals surface area (Å²) in [6, 6.07) is 11.2. The quantitative estimate of drug-likeness (QED) is 0.760. The molecule has 0 spiro atoms. The van der Waals surface area contributed by atoms with Crippen molar-refractivity contribution in [2.24, 2.45) is 0 Å². The minimum absolute atomic E-state index is 0.0787. The smallest absolute Gasteiger partial charge is 0.310 e. The molecular formula is C18H15Cl2NO5. The SMILES string of the molecule is COc1ccccc1C(=O)NC(=O)COC(=O)Cc1ccc(Cl)c(Cl)c1. The largest absolute Gasteiger partial charge is 0.496 e. The third-order valence-electron chi connectivity index (χ3n) is 3.30. The van der Waals surface area contributed by atoms with Crippen molar-refractivity contribution in [1.29, 1.82) is 0 Å². The number of hydrogen-bond acceptors (Lipinski definition) is 5. The molecule has 1 N–H and O–H groups in total. The van der Waals surface area contributed by atoms with Crippen LogP contribution in [0.2, 0.25) is 10.0 Å². The van der Waals surface area contributed by atoms with Gasteiger partial charge in [0.25, 0.3) is 11.8 Å².